The molecule has 0 unspecified atom stereocenters. The Kier molecular flexibility index (Phi) is 18.5. The van der Waals surface area contributed by atoms with E-state index in [2.05, 4.69) is 29.6 Å². The van der Waals surface area contributed by atoms with E-state index in [9.17, 15) is 56.2 Å². The summed E-state index contributed by atoms with van der Waals surface area (Å²) in [6, 6.07) is 20.3. The van der Waals surface area contributed by atoms with Crippen LogP contribution in [0.25, 0.3) is 0 Å². The molecule has 15 atom stereocenters. The molecule has 3 aliphatic rings. The zero-order chi connectivity index (χ0) is 41.4. The standard InChI is InChI=1S/C28H30O10.C14H16O5.K.H/c29-13-19-21(31)23(33)25(35)27(37-19)17-9-3-7-15(11-17)5-1-2-6-16-8-4-10-18(12-16)28-26(36)24(34)22(32)20(14-30)38-28;1-2-8-4-3-5-9(6-8)14-13(18)12(17)11(16)10(7-15)19-14;;/h3-4,7-12,19-36H,13-14H2;1,3-6,10-18H,7H2;;/q;;+1;-1/t19-,20-,21-,22-,23+,24+,25+,26+,27-,28-;10-,11-,12+,13+,14-;;/m11../s1. The molecule has 0 saturated carbocycles. The third-order valence-corrected chi connectivity index (χ3v) is 9.97. The molecule has 3 aliphatic heterocycles. The van der Waals surface area contributed by atoms with Crippen molar-refractivity contribution in [3.63, 3.8) is 0 Å². The average molecular weight is 831 g/mol. The zero-order valence-corrected chi connectivity index (χ0v) is 34.5. The van der Waals surface area contributed by atoms with E-state index in [4.69, 9.17) is 25.7 Å². The molecule has 3 saturated heterocycles. The van der Waals surface area contributed by atoms with Gasteiger partial charge in [-0.05, 0) is 64.9 Å². The zero-order valence-electron chi connectivity index (χ0n) is 32.4. The molecule has 6 rings (SSSR count). The fourth-order valence-corrected chi connectivity index (χ4v) is 6.73. The predicted octanol–water partition coefficient (Wildman–Crippen LogP) is -5.58. The fourth-order valence-electron chi connectivity index (χ4n) is 6.73. The first-order valence-electron chi connectivity index (χ1n) is 18.0. The largest absolute Gasteiger partial charge is 1.00 e. The Morgan fingerprint density at radius 3 is 1.03 bits per heavy atom. The van der Waals surface area contributed by atoms with Gasteiger partial charge in [-0.1, -0.05) is 54.2 Å². The van der Waals surface area contributed by atoms with Crippen molar-refractivity contribution in [1.82, 2.24) is 0 Å². The first kappa shape index (κ1) is 48.0. The fraction of sp³-hybridized carbons (Fsp3) is 0.429. The number of rotatable bonds is 6. The van der Waals surface area contributed by atoms with Gasteiger partial charge in [-0.2, -0.15) is 0 Å². The van der Waals surface area contributed by atoms with Gasteiger partial charge in [0.05, 0.1) is 19.8 Å². The van der Waals surface area contributed by atoms with E-state index in [0.717, 1.165) is 0 Å². The smallest absolute Gasteiger partial charge is 1.00 e. The van der Waals surface area contributed by atoms with Crippen molar-refractivity contribution in [2.45, 2.75) is 91.6 Å². The SMILES string of the molecule is C#Cc1cccc([C@H]2O[C@H](CO)[C@@H](O)[C@H](O)[C@@H]2O)c1.OC[C@H]1O[C@H](c2cccc(C#CC#Cc3cccc([C@H]4O[C@H](CO)[C@@H](O)[C@H](O)[C@@H]4O)c3)c2)[C@@H](O)[C@@H](O)[C@@H]1O.[H-].[K+]. The molecule has 0 bridgehead atoms. The predicted molar refractivity (Wildman–Crippen MR) is 200 cm³/mol. The number of ether oxygens (including phenoxy) is 3. The monoisotopic (exact) mass is 830 g/mol. The maximum Gasteiger partial charge on any atom is 1.00 e. The number of benzene rings is 3. The van der Waals surface area contributed by atoms with Gasteiger partial charge in [0.15, 0.2) is 0 Å². The van der Waals surface area contributed by atoms with Gasteiger partial charge in [-0.3, -0.25) is 0 Å². The van der Waals surface area contributed by atoms with Gasteiger partial charge < -0.3 is 76.9 Å². The van der Waals surface area contributed by atoms with E-state index in [0.29, 0.717) is 33.4 Å². The van der Waals surface area contributed by atoms with E-state index in [1.165, 1.54) is 0 Å². The van der Waals surface area contributed by atoms with Crippen LogP contribution in [0.1, 0.15) is 53.1 Å². The summed E-state index contributed by atoms with van der Waals surface area (Å²) in [4.78, 5) is 0. The minimum absolute atomic E-state index is 0. The molecule has 3 heterocycles. The summed E-state index contributed by atoms with van der Waals surface area (Å²) in [5, 5.41) is 118. The van der Waals surface area contributed by atoms with Gasteiger partial charge in [0.25, 0.3) is 0 Å². The second kappa shape index (κ2) is 22.3. The number of aliphatic hydroxyl groups is 12. The van der Waals surface area contributed by atoms with Gasteiger partial charge in [-0.15, -0.1) is 6.42 Å². The van der Waals surface area contributed by atoms with E-state index in [1.807, 2.05) is 0 Å². The second-order valence-corrected chi connectivity index (χ2v) is 13.8. The van der Waals surface area contributed by atoms with Crippen LogP contribution in [0.2, 0.25) is 0 Å². The quantitative estimate of drug-likeness (QED) is 0.0817. The first-order chi connectivity index (χ1) is 27.3. The third kappa shape index (κ3) is 11.2. The van der Waals surface area contributed by atoms with Gasteiger partial charge in [-0.25, -0.2) is 0 Å². The molecule has 0 spiro atoms. The van der Waals surface area contributed by atoms with Gasteiger partial charge in [0.1, 0.15) is 91.6 Å². The summed E-state index contributed by atoms with van der Waals surface area (Å²) < 4.78 is 16.6. The van der Waals surface area contributed by atoms with E-state index in [1.54, 1.807) is 72.8 Å². The molecule has 12 N–H and O–H groups in total. The molecule has 0 aliphatic carbocycles. The molecule has 15 nitrogen and oxygen atoms in total. The van der Waals surface area contributed by atoms with Crippen LogP contribution in [-0.4, -0.2) is 154 Å². The van der Waals surface area contributed by atoms with Crippen molar-refractivity contribution in [2.24, 2.45) is 0 Å². The molecule has 3 fully saturated rings. The van der Waals surface area contributed by atoms with E-state index < -0.39 is 111 Å². The van der Waals surface area contributed by atoms with Crippen LogP contribution in [0.4, 0.5) is 0 Å². The van der Waals surface area contributed by atoms with E-state index >= 15 is 0 Å². The molecule has 3 aromatic rings. The molecule has 306 valence electrons. The summed E-state index contributed by atoms with van der Waals surface area (Å²) in [5.41, 5.74) is 3.34. The first-order valence-corrected chi connectivity index (χ1v) is 18.0. The molecular formula is C42H47KO15. The Balaban J connectivity index is 0.000000374. The Morgan fingerprint density at radius 2 is 0.741 bits per heavy atom. The minimum atomic E-state index is -1.48. The second-order valence-electron chi connectivity index (χ2n) is 13.8. The van der Waals surface area contributed by atoms with Crippen molar-refractivity contribution < 1.29 is 128 Å². The van der Waals surface area contributed by atoms with Crippen LogP contribution in [-0.2, 0) is 14.2 Å². The molecule has 0 amide bonds. The molecule has 0 radical (unpaired) electrons. The maximum absolute atomic E-state index is 10.4. The van der Waals surface area contributed by atoms with E-state index in [-0.39, 0.29) is 52.8 Å². The Bertz CT molecular complexity index is 1870. The summed E-state index contributed by atoms with van der Waals surface area (Å²) in [6.45, 7) is -1.49. The van der Waals surface area contributed by atoms with Crippen LogP contribution in [0.15, 0.2) is 72.8 Å². The van der Waals surface area contributed by atoms with Crippen molar-refractivity contribution >= 4 is 0 Å². The normalized spacial score (nSPS) is 34.3. The van der Waals surface area contributed by atoms with Crippen LogP contribution in [0, 0.1) is 36.0 Å². The number of terminal acetylenes is 1. The summed E-state index contributed by atoms with van der Waals surface area (Å²) in [6.07, 6.45) is -13.1. The van der Waals surface area contributed by atoms with Gasteiger partial charge in [0.2, 0.25) is 0 Å². The van der Waals surface area contributed by atoms with Crippen molar-refractivity contribution in [3.05, 3.63) is 106 Å². The Morgan fingerprint density at radius 1 is 0.448 bits per heavy atom. The molecule has 16 heteroatoms. The Hall–Kier alpha value is -2.62. The van der Waals surface area contributed by atoms with Gasteiger partial charge in [0, 0.05) is 16.7 Å². The molecular weight excluding hydrogens is 784 g/mol. The molecule has 3 aromatic carbocycles. The number of aliphatic hydroxyl groups excluding tert-OH is 12. The van der Waals surface area contributed by atoms with Crippen LogP contribution < -0.4 is 51.4 Å². The Labute approximate surface area is 379 Å². The van der Waals surface area contributed by atoms with Crippen molar-refractivity contribution in [3.8, 4) is 36.0 Å². The molecule has 58 heavy (non-hydrogen) atoms. The van der Waals surface area contributed by atoms with Gasteiger partial charge >= 0.3 is 51.4 Å². The van der Waals surface area contributed by atoms with Crippen LogP contribution in [0.5, 0.6) is 0 Å². The van der Waals surface area contributed by atoms with Crippen LogP contribution in [0.3, 0.4) is 0 Å². The summed E-state index contributed by atoms with van der Waals surface area (Å²) >= 11 is 0. The average Bonchev–Trinajstić information content (AvgIpc) is 3.23. The number of hydrogen-bond donors (Lipinski definition) is 12. The van der Waals surface area contributed by atoms with Crippen molar-refractivity contribution in [2.75, 3.05) is 19.8 Å². The minimum Gasteiger partial charge on any atom is -1.00 e. The molecule has 0 aromatic heterocycles. The summed E-state index contributed by atoms with van der Waals surface area (Å²) in [7, 11) is 0. The van der Waals surface area contributed by atoms with Crippen molar-refractivity contribution in [1.29, 1.82) is 0 Å². The van der Waals surface area contributed by atoms with Crippen LogP contribution >= 0.6 is 0 Å². The third-order valence-electron chi connectivity index (χ3n) is 9.97. The topological polar surface area (TPSA) is 270 Å². The number of hydrogen-bond acceptors (Lipinski definition) is 15. The maximum atomic E-state index is 10.4. The summed E-state index contributed by atoms with van der Waals surface area (Å²) in [5.74, 6) is 13.7.